The van der Waals surface area contributed by atoms with Crippen LogP contribution in [-0.4, -0.2) is 45.6 Å². The monoisotopic (exact) mass is 257 g/mol. The predicted octanol–water partition coefficient (Wildman–Crippen LogP) is 0.224. The lowest BCUT2D eigenvalue weighted by molar-refractivity contribution is -0.139. The number of carbonyl (C=O) groups excluding carboxylic acids is 2. The Morgan fingerprint density at radius 2 is 2.00 bits per heavy atom. The third-order valence-corrected chi connectivity index (χ3v) is 1.60. The van der Waals surface area contributed by atoms with Crippen molar-refractivity contribution in [3.63, 3.8) is 0 Å². The Kier molecular flexibility index (Phi) is 5.71. The minimum absolute atomic E-state index is 0.519. The molecule has 18 heavy (non-hydrogen) atoms. The Morgan fingerprint density at radius 3 is 2.39 bits per heavy atom. The van der Waals surface area contributed by atoms with Crippen LogP contribution in [0.15, 0.2) is 0 Å². The van der Waals surface area contributed by atoms with E-state index in [0.717, 1.165) is 0 Å². The number of alkyl carbamates (subject to hydrolysis) is 1. The number of nitrogens with one attached hydrogen (secondary N) is 1. The van der Waals surface area contributed by atoms with Gasteiger partial charge in [0, 0.05) is 0 Å². The summed E-state index contributed by atoms with van der Waals surface area (Å²) in [6.45, 7) is 4.86. The molecule has 8 heteroatoms. The lowest BCUT2D eigenvalue weighted by Crippen LogP contribution is -2.45. The molecule has 0 heterocycles. The fourth-order valence-corrected chi connectivity index (χ4v) is 0.994. The maximum Gasteiger partial charge on any atom is 0.408 e. The first-order valence-electron chi connectivity index (χ1n) is 5.08. The molecule has 100 valence electrons. The SMILES string of the molecule is CC(C)(C)OC(=O)NC(CC(=O)O)C(=O)C=[N+]=[N-]. The summed E-state index contributed by atoms with van der Waals surface area (Å²) in [7, 11) is 0. The quantitative estimate of drug-likeness (QED) is 0.413. The van der Waals surface area contributed by atoms with Gasteiger partial charge in [0.2, 0.25) is 0 Å². The number of Topliss-reactive ketones (excluding diaryl/α,β-unsaturated/α-hetero) is 1. The molecule has 0 aliphatic rings. The van der Waals surface area contributed by atoms with E-state index in [2.05, 4.69) is 10.1 Å². The van der Waals surface area contributed by atoms with E-state index in [-0.39, 0.29) is 0 Å². The third-order valence-electron chi connectivity index (χ3n) is 1.60. The van der Waals surface area contributed by atoms with Crippen LogP contribution in [0, 0.1) is 0 Å². The van der Waals surface area contributed by atoms with E-state index in [1.807, 2.05) is 0 Å². The van der Waals surface area contributed by atoms with Crippen LogP contribution in [0.25, 0.3) is 5.53 Å². The standard InChI is InChI=1S/C10H15N3O5/c1-10(2,3)18-9(17)13-6(4-8(15)16)7(14)5-12-11/h5-6H,4H2,1-3H3,(H,13,17)(H,15,16). The minimum atomic E-state index is -1.34. The van der Waals surface area contributed by atoms with Gasteiger partial charge in [0.25, 0.3) is 5.78 Å². The molecule has 8 nitrogen and oxygen atoms in total. The summed E-state index contributed by atoms with van der Waals surface area (Å²) in [5.74, 6) is -2.12. The number of carboxylic acids is 1. The van der Waals surface area contributed by atoms with E-state index >= 15 is 0 Å². The Hall–Kier alpha value is -2.21. The Bertz CT molecular complexity index is 393. The zero-order chi connectivity index (χ0) is 14.3. The predicted molar refractivity (Wildman–Crippen MR) is 60.1 cm³/mol. The molecule has 0 bridgehead atoms. The zero-order valence-electron chi connectivity index (χ0n) is 10.3. The van der Waals surface area contributed by atoms with Crippen LogP contribution >= 0.6 is 0 Å². The van der Waals surface area contributed by atoms with Crippen LogP contribution in [0.1, 0.15) is 27.2 Å². The topological polar surface area (TPSA) is 129 Å². The molecule has 0 saturated heterocycles. The molecule has 2 N–H and O–H groups in total. The largest absolute Gasteiger partial charge is 0.481 e. The Balaban J connectivity index is 4.69. The normalized spacial score (nSPS) is 11.9. The van der Waals surface area contributed by atoms with E-state index in [1.54, 1.807) is 20.8 Å². The van der Waals surface area contributed by atoms with E-state index in [4.69, 9.17) is 15.4 Å². The van der Waals surface area contributed by atoms with Gasteiger partial charge in [0.05, 0.1) is 6.42 Å². The van der Waals surface area contributed by atoms with Gasteiger partial charge in [0.15, 0.2) is 0 Å². The van der Waals surface area contributed by atoms with Gasteiger partial charge in [-0.15, -0.1) is 0 Å². The van der Waals surface area contributed by atoms with Gasteiger partial charge in [-0.3, -0.25) is 9.59 Å². The first-order chi connectivity index (χ1) is 8.15. The molecule has 0 aromatic carbocycles. The molecule has 0 spiro atoms. The van der Waals surface area contributed by atoms with E-state index in [1.165, 1.54) is 0 Å². The molecule has 0 fully saturated rings. The van der Waals surface area contributed by atoms with Crippen LogP contribution in [0.3, 0.4) is 0 Å². The van der Waals surface area contributed by atoms with Crippen molar-refractivity contribution >= 4 is 24.1 Å². The summed E-state index contributed by atoms with van der Waals surface area (Å²) in [6.07, 6.45) is -1.04. The maximum absolute atomic E-state index is 11.4. The highest BCUT2D eigenvalue weighted by atomic mass is 16.6. The van der Waals surface area contributed by atoms with Gasteiger partial charge in [-0.05, 0) is 20.8 Å². The molecular formula is C10H15N3O5. The van der Waals surface area contributed by atoms with Gasteiger partial charge in [-0.1, -0.05) is 0 Å². The summed E-state index contributed by atoms with van der Waals surface area (Å²) in [5.41, 5.74) is 7.43. The average Bonchev–Trinajstić information content (AvgIpc) is 2.13. The third kappa shape index (κ3) is 7.13. The summed E-state index contributed by atoms with van der Waals surface area (Å²) < 4.78 is 4.88. The van der Waals surface area contributed by atoms with Gasteiger partial charge in [0.1, 0.15) is 11.6 Å². The summed E-state index contributed by atoms with van der Waals surface area (Å²) in [6, 6.07) is -1.34. The maximum atomic E-state index is 11.4. The highest BCUT2D eigenvalue weighted by molar-refractivity contribution is 6.28. The van der Waals surface area contributed by atoms with E-state index < -0.39 is 35.9 Å². The Labute approximate surface area is 104 Å². The van der Waals surface area contributed by atoms with E-state index in [9.17, 15) is 14.4 Å². The zero-order valence-corrected chi connectivity index (χ0v) is 10.3. The van der Waals surface area contributed by atoms with Crippen LogP contribution in [0.5, 0.6) is 0 Å². The van der Waals surface area contributed by atoms with Crippen LogP contribution < -0.4 is 5.32 Å². The molecule has 0 rings (SSSR count). The van der Waals surface area contributed by atoms with Crippen molar-refractivity contribution in [1.29, 1.82) is 0 Å². The fourth-order valence-electron chi connectivity index (χ4n) is 0.994. The van der Waals surface area contributed by atoms with Crippen LogP contribution in [0.4, 0.5) is 4.79 Å². The van der Waals surface area contributed by atoms with Crippen molar-refractivity contribution in [2.24, 2.45) is 0 Å². The number of carboxylic acid groups (broad SMARTS) is 1. The number of amides is 1. The number of ether oxygens (including phenoxy) is 1. The van der Waals surface area contributed by atoms with Crippen molar-refractivity contribution in [1.82, 2.24) is 5.32 Å². The van der Waals surface area contributed by atoms with Gasteiger partial charge in [-0.25, -0.2) is 4.79 Å². The smallest absolute Gasteiger partial charge is 0.408 e. The van der Waals surface area contributed by atoms with Crippen molar-refractivity contribution in [3.05, 3.63) is 5.53 Å². The van der Waals surface area contributed by atoms with Crippen molar-refractivity contribution < 1.29 is 29.0 Å². The summed E-state index contributed by atoms with van der Waals surface area (Å²) in [4.78, 5) is 35.7. The van der Waals surface area contributed by atoms with Crippen molar-refractivity contribution in [2.45, 2.75) is 38.8 Å². The molecule has 0 aliphatic heterocycles. The molecule has 0 radical (unpaired) electrons. The van der Waals surface area contributed by atoms with Gasteiger partial charge in [-0.2, -0.15) is 4.79 Å². The second-order valence-electron chi connectivity index (χ2n) is 4.44. The summed E-state index contributed by atoms with van der Waals surface area (Å²) in [5, 5.41) is 10.7. The molecule has 1 atom stereocenters. The molecule has 1 amide bonds. The lowest BCUT2D eigenvalue weighted by atomic mass is 10.1. The number of rotatable bonds is 5. The van der Waals surface area contributed by atoms with Crippen LogP contribution in [-0.2, 0) is 14.3 Å². The molecule has 0 aromatic heterocycles. The number of nitrogens with zero attached hydrogens (tertiary/aromatic N) is 2. The molecule has 1 unspecified atom stereocenters. The van der Waals surface area contributed by atoms with Gasteiger partial charge < -0.3 is 20.7 Å². The van der Waals surface area contributed by atoms with Gasteiger partial charge >= 0.3 is 18.3 Å². The number of aliphatic carboxylic acids is 1. The van der Waals surface area contributed by atoms with E-state index in [0.29, 0.717) is 6.21 Å². The number of carbonyl (C=O) groups is 3. The molecule has 0 saturated carbocycles. The minimum Gasteiger partial charge on any atom is -0.481 e. The summed E-state index contributed by atoms with van der Waals surface area (Å²) >= 11 is 0. The number of ketones is 1. The first kappa shape index (κ1) is 15.8. The fraction of sp³-hybridized carbons (Fsp3) is 0.600. The molecule has 0 aliphatic carbocycles. The molecular weight excluding hydrogens is 242 g/mol. The first-order valence-corrected chi connectivity index (χ1v) is 5.08. The lowest BCUT2D eigenvalue weighted by Gasteiger charge is -2.21. The number of hydrogen-bond acceptors (Lipinski definition) is 4. The van der Waals surface area contributed by atoms with Crippen molar-refractivity contribution in [3.8, 4) is 0 Å². The second kappa shape index (κ2) is 6.51. The van der Waals surface area contributed by atoms with Crippen molar-refractivity contribution in [2.75, 3.05) is 0 Å². The highest BCUT2D eigenvalue weighted by Gasteiger charge is 2.27. The number of hydrogen-bond donors (Lipinski definition) is 2. The highest BCUT2D eigenvalue weighted by Crippen LogP contribution is 2.07. The van der Waals surface area contributed by atoms with Crippen LogP contribution in [0.2, 0.25) is 0 Å². The Morgan fingerprint density at radius 1 is 1.44 bits per heavy atom. The average molecular weight is 257 g/mol. The second-order valence-corrected chi connectivity index (χ2v) is 4.44. The molecule has 0 aromatic rings.